The Morgan fingerprint density at radius 2 is 1.72 bits per heavy atom. The summed E-state index contributed by atoms with van der Waals surface area (Å²) in [6.07, 6.45) is 0.839. The van der Waals surface area contributed by atoms with Crippen molar-refractivity contribution in [1.82, 2.24) is 0 Å². The second-order valence-electron chi connectivity index (χ2n) is 4.94. The lowest BCUT2D eigenvalue weighted by Gasteiger charge is -2.12. The molecule has 0 spiro atoms. The summed E-state index contributed by atoms with van der Waals surface area (Å²) in [5.74, 6) is 0.142. The standard InChI is InChI=1S/C15H22O2S/c1-6-13(5)18(17)9-14(16)15-11(3)7-10(2)8-12(15)4/h7-8,13H,6,9H2,1-5H3. The molecule has 0 aromatic heterocycles. The van der Waals surface area contributed by atoms with E-state index in [0.29, 0.717) is 0 Å². The molecule has 18 heavy (non-hydrogen) atoms. The number of Topliss-reactive ketones (excluding diaryl/α,β-unsaturated/α-hetero) is 1. The fraction of sp³-hybridized carbons (Fsp3) is 0.533. The predicted molar refractivity (Wildman–Crippen MR) is 77.7 cm³/mol. The summed E-state index contributed by atoms with van der Waals surface area (Å²) < 4.78 is 11.9. The van der Waals surface area contributed by atoms with Crippen molar-refractivity contribution in [3.63, 3.8) is 0 Å². The maximum absolute atomic E-state index is 12.2. The summed E-state index contributed by atoms with van der Waals surface area (Å²) in [6.45, 7) is 9.83. The number of carbonyl (C=O) groups excluding carboxylic acids is 1. The zero-order chi connectivity index (χ0) is 13.9. The Kier molecular flexibility index (Phi) is 5.27. The highest BCUT2D eigenvalue weighted by atomic mass is 32.2. The molecule has 3 heteroatoms. The molecule has 2 nitrogen and oxygen atoms in total. The van der Waals surface area contributed by atoms with Gasteiger partial charge in [0.05, 0.1) is 5.75 Å². The summed E-state index contributed by atoms with van der Waals surface area (Å²) >= 11 is 0. The first-order valence-electron chi connectivity index (χ1n) is 6.35. The highest BCUT2D eigenvalue weighted by Crippen LogP contribution is 2.18. The number of benzene rings is 1. The molecule has 0 aliphatic rings. The van der Waals surface area contributed by atoms with E-state index in [1.807, 2.05) is 46.8 Å². The lowest BCUT2D eigenvalue weighted by molar-refractivity contribution is 0.102. The van der Waals surface area contributed by atoms with E-state index in [-0.39, 0.29) is 16.8 Å². The van der Waals surface area contributed by atoms with E-state index < -0.39 is 10.8 Å². The van der Waals surface area contributed by atoms with Crippen LogP contribution in [0.5, 0.6) is 0 Å². The van der Waals surface area contributed by atoms with Gasteiger partial charge >= 0.3 is 0 Å². The van der Waals surface area contributed by atoms with E-state index in [1.54, 1.807) is 0 Å². The number of rotatable bonds is 5. The van der Waals surface area contributed by atoms with Crippen LogP contribution in [0.4, 0.5) is 0 Å². The molecule has 2 atom stereocenters. The van der Waals surface area contributed by atoms with Crippen molar-refractivity contribution in [3.8, 4) is 0 Å². The first kappa shape index (κ1) is 15.1. The Bertz CT molecular complexity index is 454. The molecule has 0 heterocycles. The molecule has 1 aromatic rings. The van der Waals surface area contributed by atoms with Gasteiger partial charge in [-0.25, -0.2) is 0 Å². The second-order valence-corrected chi connectivity index (χ2v) is 6.80. The molecule has 0 amide bonds. The van der Waals surface area contributed by atoms with Gasteiger partial charge in [0.15, 0.2) is 5.78 Å². The fourth-order valence-corrected chi connectivity index (χ4v) is 3.21. The third kappa shape index (κ3) is 3.52. The average molecular weight is 266 g/mol. The molecule has 0 N–H and O–H groups in total. The highest BCUT2D eigenvalue weighted by molar-refractivity contribution is 7.86. The van der Waals surface area contributed by atoms with Crippen molar-refractivity contribution in [3.05, 3.63) is 34.4 Å². The number of hydrogen-bond acceptors (Lipinski definition) is 2. The van der Waals surface area contributed by atoms with Crippen LogP contribution in [0.1, 0.15) is 47.3 Å². The molecule has 0 saturated carbocycles. The SMILES string of the molecule is CCC(C)S(=O)CC(=O)c1c(C)cc(C)cc1C. The summed E-state index contributed by atoms with van der Waals surface area (Å²) in [5.41, 5.74) is 3.87. The highest BCUT2D eigenvalue weighted by Gasteiger charge is 2.18. The van der Waals surface area contributed by atoms with Crippen molar-refractivity contribution >= 4 is 16.6 Å². The molecule has 100 valence electrons. The van der Waals surface area contributed by atoms with Crippen LogP contribution in [0.3, 0.4) is 0 Å². The zero-order valence-electron chi connectivity index (χ0n) is 11.9. The van der Waals surface area contributed by atoms with Crippen LogP contribution in [0.25, 0.3) is 0 Å². The average Bonchev–Trinajstić information content (AvgIpc) is 2.26. The van der Waals surface area contributed by atoms with Crippen LogP contribution >= 0.6 is 0 Å². The Morgan fingerprint density at radius 3 is 2.17 bits per heavy atom. The van der Waals surface area contributed by atoms with Gasteiger partial charge in [-0.1, -0.05) is 31.5 Å². The summed E-state index contributed by atoms with van der Waals surface area (Å²) in [5, 5.41) is 0.0833. The quantitative estimate of drug-likeness (QED) is 0.766. The molecule has 2 unspecified atom stereocenters. The largest absolute Gasteiger partial charge is 0.293 e. The minimum absolute atomic E-state index is 0.00336. The second kappa shape index (κ2) is 6.28. The van der Waals surface area contributed by atoms with Crippen molar-refractivity contribution in [2.45, 2.75) is 46.3 Å². The summed E-state index contributed by atoms with van der Waals surface area (Å²) in [7, 11) is -1.07. The number of hydrogen-bond donors (Lipinski definition) is 0. The Morgan fingerprint density at radius 1 is 1.22 bits per heavy atom. The lowest BCUT2D eigenvalue weighted by atomic mass is 9.97. The molecule has 0 saturated heterocycles. The van der Waals surface area contributed by atoms with Crippen molar-refractivity contribution in [1.29, 1.82) is 0 Å². The van der Waals surface area contributed by atoms with Gasteiger partial charge in [0.2, 0.25) is 0 Å². The normalized spacial score (nSPS) is 14.3. The summed E-state index contributed by atoms with van der Waals surface area (Å²) in [6, 6.07) is 4.01. The van der Waals surface area contributed by atoms with Gasteiger partial charge in [0.1, 0.15) is 0 Å². The predicted octanol–water partition coefficient (Wildman–Crippen LogP) is 3.34. The summed E-state index contributed by atoms with van der Waals surface area (Å²) in [4.78, 5) is 12.2. The van der Waals surface area contributed by atoms with E-state index in [4.69, 9.17) is 0 Å². The molecule has 1 aromatic carbocycles. The van der Waals surface area contributed by atoms with Crippen LogP contribution in [-0.2, 0) is 10.8 Å². The minimum atomic E-state index is -1.07. The van der Waals surface area contributed by atoms with Crippen LogP contribution in [0.15, 0.2) is 12.1 Å². The van der Waals surface area contributed by atoms with Gasteiger partial charge in [0, 0.05) is 21.6 Å². The smallest absolute Gasteiger partial charge is 0.175 e. The molecular formula is C15H22O2S. The Balaban J connectivity index is 2.95. The molecule has 0 radical (unpaired) electrons. The minimum Gasteiger partial charge on any atom is -0.293 e. The van der Waals surface area contributed by atoms with E-state index in [9.17, 15) is 9.00 Å². The van der Waals surface area contributed by atoms with E-state index in [0.717, 1.165) is 28.7 Å². The molecule has 0 aliphatic carbocycles. The van der Waals surface area contributed by atoms with E-state index >= 15 is 0 Å². The third-order valence-electron chi connectivity index (χ3n) is 3.25. The third-order valence-corrected chi connectivity index (χ3v) is 5.03. The Labute approximate surface area is 112 Å². The van der Waals surface area contributed by atoms with Gasteiger partial charge < -0.3 is 0 Å². The monoisotopic (exact) mass is 266 g/mol. The first-order valence-corrected chi connectivity index (χ1v) is 7.73. The zero-order valence-corrected chi connectivity index (χ0v) is 12.7. The van der Waals surface area contributed by atoms with E-state index in [2.05, 4.69) is 0 Å². The maximum atomic E-state index is 12.2. The van der Waals surface area contributed by atoms with Crippen LogP contribution < -0.4 is 0 Å². The van der Waals surface area contributed by atoms with Gasteiger partial charge in [-0.05, 0) is 38.3 Å². The van der Waals surface area contributed by atoms with Gasteiger partial charge in [0.25, 0.3) is 0 Å². The van der Waals surface area contributed by atoms with E-state index in [1.165, 1.54) is 0 Å². The number of carbonyl (C=O) groups is 1. The number of aryl methyl sites for hydroxylation is 3. The van der Waals surface area contributed by atoms with Crippen molar-refractivity contribution in [2.24, 2.45) is 0 Å². The fourth-order valence-electron chi connectivity index (χ4n) is 2.15. The molecule has 0 aliphatic heterocycles. The van der Waals surface area contributed by atoms with Crippen LogP contribution in [0.2, 0.25) is 0 Å². The van der Waals surface area contributed by atoms with Crippen molar-refractivity contribution in [2.75, 3.05) is 5.75 Å². The first-order chi connectivity index (χ1) is 8.36. The van der Waals surface area contributed by atoms with Gasteiger partial charge in [-0.2, -0.15) is 0 Å². The number of ketones is 1. The van der Waals surface area contributed by atoms with Gasteiger partial charge in [-0.3, -0.25) is 9.00 Å². The van der Waals surface area contributed by atoms with Gasteiger partial charge in [-0.15, -0.1) is 0 Å². The maximum Gasteiger partial charge on any atom is 0.175 e. The van der Waals surface area contributed by atoms with Crippen molar-refractivity contribution < 1.29 is 9.00 Å². The molecule has 0 bridgehead atoms. The van der Waals surface area contributed by atoms with Crippen LogP contribution in [0, 0.1) is 20.8 Å². The lowest BCUT2D eigenvalue weighted by Crippen LogP contribution is -2.20. The topological polar surface area (TPSA) is 34.1 Å². The van der Waals surface area contributed by atoms with Crippen LogP contribution in [-0.4, -0.2) is 21.0 Å². The molecule has 0 fully saturated rings. The molecule has 1 rings (SSSR count). The Hall–Kier alpha value is -0.960. The molecular weight excluding hydrogens is 244 g/mol.